The van der Waals surface area contributed by atoms with Crippen LogP contribution in [0.2, 0.25) is 0 Å². The van der Waals surface area contributed by atoms with Crippen molar-refractivity contribution >= 4 is 11.9 Å². The summed E-state index contributed by atoms with van der Waals surface area (Å²) in [4.78, 5) is 25.8. The topological polar surface area (TPSA) is 101 Å². The molecule has 0 saturated carbocycles. The summed E-state index contributed by atoms with van der Waals surface area (Å²) in [6.45, 7) is 0.0834. The Balaban J connectivity index is 1.43. The number of rotatable bonds is 5. The number of hydrogen-bond acceptors (Lipinski definition) is 8. The summed E-state index contributed by atoms with van der Waals surface area (Å²) in [5.74, 6) is -1.33. The maximum Gasteiger partial charge on any atom is 0.338 e. The van der Waals surface area contributed by atoms with Crippen molar-refractivity contribution in [2.75, 3.05) is 6.61 Å². The normalized spacial score (nSPS) is 27.9. The van der Waals surface area contributed by atoms with Crippen molar-refractivity contribution in [1.29, 1.82) is 0 Å². The number of carbonyl (C=O) groups is 2. The van der Waals surface area contributed by atoms with Gasteiger partial charge in [0.25, 0.3) is 0 Å². The Bertz CT molecular complexity index is 1140. The molecule has 3 aromatic carbocycles. The van der Waals surface area contributed by atoms with Crippen molar-refractivity contribution in [3.63, 3.8) is 0 Å². The molecule has 0 bridgehead atoms. The van der Waals surface area contributed by atoms with E-state index >= 15 is 0 Å². The van der Waals surface area contributed by atoms with Crippen molar-refractivity contribution in [3.05, 3.63) is 108 Å². The number of fused-ring (bicyclic) bond motifs is 1. The average molecular weight is 476 g/mol. The molecule has 2 aliphatic rings. The monoisotopic (exact) mass is 476 g/mol. The highest BCUT2D eigenvalue weighted by Crippen LogP contribution is 2.36. The lowest BCUT2D eigenvalue weighted by atomic mass is 9.97. The van der Waals surface area contributed by atoms with Crippen molar-refractivity contribution in [2.24, 2.45) is 0 Å². The summed E-state index contributed by atoms with van der Waals surface area (Å²) in [6, 6.07) is 26.0. The number of aliphatic hydroxyl groups excluding tert-OH is 1. The summed E-state index contributed by atoms with van der Waals surface area (Å²) < 4.78 is 29.1. The van der Waals surface area contributed by atoms with Crippen molar-refractivity contribution < 1.29 is 38.4 Å². The molecule has 0 spiro atoms. The Morgan fingerprint density at radius 2 is 1.23 bits per heavy atom. The number of carbonyl (C=O) groups excluding carboxylic acids is 2. The van der Waals surface area contributed by atoms with Crippen LogP contribution < -0.4 is 0 Å². The number of benzene rings is 3. The summed E-state index contributed by atoms with van der Waals surface area (Å²) in [5, 5.41) is 10.7. The van der Waals surface area contributed by atoms with Gasteiger partial charge in [-0.15, -0.1) is 0 Å². The molecule has 2 fully saturated rings. The van der Waals surface area contributed by atoms with E-state index in [4.69, 9.17) is 23.7 Å². The van der Waals surface area contributed by atoms with Crippen LogP contribution >= 0.6 is 0 Å². The number of aliphatic hydroxyl groups is 1. The van der Waals surface area contributed by atoms with E-state index in [0.717, 1.165) is 5.56 Å². The molecule has 1 N–H and O–H groups in total. The Labute approximate surface area is 202 Å². The van der Waals surface area contributed by atoms with Crippen molar-refractivity contribution in [3.8, 4) is 0 Å². The lowest BCUT2D eigenvalue weighted by Crippen LogP contribution is -2.63. The first kappa shape index (κ1) is 23.2. The minimum absolute atomic E-state index is 0.0834. The van der Waals surface area contributed by atoms with Crippen LogP contribution in [0.1, 0.15) is 32.6 Å². The van der Waals surface area contributed by atoms with Gasteiger partial charge in [-0.25, -0.2) is 9.59 Å². The lowest BCUT2D eigenvalue weighted by molar-refractivity contribution is -0.353. The van der Waals surface area contributed by atoms with Crippen LogP contribution in [0.3, 0.4) is 0 Å². The minimum Gasteiger partial charge on any atom is -0.452 e. The molecule has 8 heteroatoms. The van der Waals surface area contributed by atoms with Crippen molar-refractivity contribution in [1.82, 2.24) is 0 Å². The molecule has 5 rings (SSSR count). The van der Waals surface area contributed by atoms with Gasteiger partial charge in [-0.05, 0) is 24.3 Å². The molecule has 0 amide bonds. The minimum atomic E-state index is -1.56. The van der Waals surface area contributed by atoms with E-state index in [9.17, 15) is 14.7 Å². The fourth-order valence-corrected chi connectivity index (χ4v) is 4.13. The number of hydrogen-bond donors (Lipinski definition) is 1. The van der Waals surface area contributed by atoms with Gasteiger partial charge in [0, 0.05) is 5.56 Å². The van der Waals surface area contributed by atoms with E-state index in [0.29, 0.717) is 5.56 Å². The van der Waals surface area contributed by atoms with Crippen LogP contribution in [0.15, 0.2) is 91.0 Å². The van der Waals surface area contributed by atoms with E-state index in [1.165, 1.54) is 0 Å². The van der Waals surface area contributed by atoms with Gasteiger partial charge in [-0.1, -0.05) is 66.7 Å². The average Bonchev–Trinajstić information content (AvgIpc) is 2.91. The molecule has 3 aromatic rings. The Morgan fingerprint density at radius 1 is 0.714 bits per heavy atom. The zero-order valence-corrected chi connectivity index (χ0v) is 18.6. The van der Waals surface area contributed by atoms with Gasteiger partial charge >= 0.3 is 11.9 Å². The Morgan fingerprint density at radius 3 is 1.80 bits per heavy atom. The third kappa shape index (κ3) is 5.11. The van der Waals surface area contributed by atoms with E-state index in [-0.39, 0.29) is 12.2 Å². The standard InChI is InChI=1S/C27H24O8/c28-24(17-10-4-1-5-11-17)33-22-21-20(16-31-27(35-21)19-14-8-3-9-15-19)32-26(30)23(22)34-25(29)18-12-6-2-7-13-18/h1-15,20-23,26-27,30H,16H2/t20-,21+,22+,23-,26+,27?/m1/s1. The Hall–Kier alpha value is -3.56. The third-order valence-electron chi connectivity index (χ3n) is 5.88. The van der Waals surface area contributed by atoms with Gasteiger partial charge in [0.15, 0.2) is 24.8 Å². The highest BCUT2D eigenvalue weighted by atomic mass is 16.7. The smallest absolute Gasteiger partial charge is 0.338 e. The van der Waals surface area contributed by atoms with Crippen LogP contribution in [-0.2, 0) is 23.7 Å². The molecule has 8 nitrogen and oxygen atoms in total. The second-order valence-electron chi connectivity index (χ2n) is 8.21. The second kappa shape index (κ2) is 10.4. The van der Waals surface area contributed by atoms with E-state index < -0.39 is 48.9 Å². The summed E-state index contributed by atoms with van der Waals surface area (Å²) >= 11 is 0. The molecular formula is C27H24O8. The van der Waals surface area contributed by atoms with Gasteiger partial charge in [0.1, 0.15) is 12.2 Å². The fourth-order valence-electron chi connectivity index (χ4n) is 4.13. The zero-order valence-electron chi connectivity index (χ0n) is 18.6. The molecule has 0 aromatic heterocycles. The SMILES string of the molecule is O=C(O[C@@H]1[C@@H](OC(=O)c2ccccc2)[C@@H](O)O[C@@H]2COC(c3ccccc3)O[C@H]12)c1ccccc1. The maximum absolute atomic E-state index is 13.0. The van der Waals surface area contributed by atoms with Crippen LogP contribution in [0.5, 0.6) is 0 Å². The van der Waals surface area contributed by atoms with E-state index in [1.807, 2.05) is 30.3 Å². The second-order valence-corrected chi connectivity index (χ2v) is 8.21. The quantitative estimate of drug-likeness (QED) is 0.560. The molecule has 0 radical (unpaired) electrons. The lowest BCUT2D eigenvalue weighted by Gasteiger charge is -2.47. The highest BCUT2D eigenvalue weighted by Gasteiger charge is 2.53. The molecule has 180 valence electrons. The molecule has 0 aliphatic carbocycles. The summed E-state index contributed by atoms with van der Waals surface area (Å²) in [7, 11) is 0. The molecule has 35 heavy (non-hydrogen) atoms. The highest BCUT2D eigenvalue weighted by molar-refractivity contribution is 5.90. The molecule has 2 saturated heterocycles. The first-order valence-electron chi connectivity index (χ1n) is 11.3. The van der Waals surface area contributed by atoms with Gasteiger partial charge in [0.05, 0.1) is 17.7 Å². The molecule has 2 aliphatic heterocycles. The summed E-state index contributed by atoms with van der Waals surface area (Å²) in [5.41, 5.74) is 1.36. The summed E-state index contributed by atoms with van der Waals surface area (Å²) in [6.07, 6.45) is -6.40. The van der Waals surface area contributed by atoms with Crippen LogP contribution in [0, 0.1) is 0 Å². The zero-order chi connectivity index (χ0) is 24.2. The van der Waals surface area contributed by atoms with Gasteiger partial charge in [0.2, 0.25) is 0 Å². The molecule has 1 unspecified atom stereocenters. The van der Waals surface area contributed by atoms with Crippen LogP contribution in [0.4, 0.5) is 0 Å². The van der Waals surface area contributed by atoms with Gasteiger partial charge in [-0.3, -0.25) is 0 Å². The van der Waals surface area contributed by atoms with Crippen LogP contribution in [-0.4, -0.2) is 54.4 Å². The number of esters is 2. The molecular weight excluding hydrogens is 452 g/mol. The van der Waals surface area contributed by atoms with E-state index in [1.54, 1.807) is 60.7 Å². The van der Waals surface area contributed by atoms with Gasteiger partial charge < -0.3 is 28.8 Å². The predicted octanol–water partition coefficient (Wildman–Crippen LogP) is 3.27. The fraction of sp³-hybridized carbons (Fsp3) is 0.259. The first-order valence-corrected chi connectivity index (χ1v) is 11.3. The molecule has 6 atom stereocenters. The predicted molar refractivity (Wildman–Crippen MR) is 122 cm³/mol. The third-order valence-corrected chi connectivity index (χ3v) is 5.88. The molecule has 2 heterocycles. The maximum atomic E-state index is 13.0. The first-order chi connectivity index (χ1) is 17.1. The van der Waals surface area contributed by atoms with E-state index in [2.05, 4.69) is 0 Å². The Kier molecular flexibility index (Phi) is 6.87. The van der Waals surface area contributed by atoms with Gasteiger partial charge in [-0.2, -0.15) is 0 Å². The number of ether oxygens (including phenoxy) is 5. The van der Waals surface area contributed by atoms with Crippen LogP contribution in [0.25, 0.3) is 0 Å². The largest absolute Gasteiger partial charge is 0.452 e. The van der Waals surface area contributed by atoms with Crippen molar-refractivity contribution in [2.45, 2.75) is 37.0 Å².